The van der Waals surface area contributed by atoms with Crippen molar-refractivity contribution in [2.45, 2.75) is 32.7 Å². The molecule has 1 heteroatoms. The van der Waals surface area contributed by atoms with Crippen LogP contribution in [0, 0.1) is 11.3 Å². The third kappa shape index (κ3) is 1.69. The molecule has 0 saturated heterocycles. The van der Waals surface area contributed by atoms with Gasteiger partial charge in [-0.1, -0.05) is 44.2 Å². The molecule has 1 fully saturated rings. The third-order valence-corrected chi connectivity index (χ3v) is 3.73. The Morgan fingerprint density at radius 1 is 1.21 bits per heavy atom. The summed E-state index contributed by atoms with van der Waals surface area (Å²) in [5, 5.41) is 0. The quantitative estimate of drug-likeness (QED) is 0.777. The standard InChI is InChI=1S/C13H19N/c1-13(2)11(12(13)14)9-8-10-6-4-3-5-7-10/h3-7,11-12H,8-9,14H2,1-2H3/t11-,12-/m0/s1. The summed E-state index contributed by atoms with van der Waals surface area (Å²) in [6, 6.07) is 11.1. The van der Waals surface area contributed by atoms with Gasteiger partial charge in [0.1, 0.15) is 0 Å². The van der Waals surface area contributed by atoms with Crippen LogP contribution in [0.1, 0.15) is 25.8 Å². The Balaban J connectivity index is 1.85. The van der Waals surface area contributed by atoms with Crippen LogP contribution >= 0.6 is 0 Å². The molecule has 0 spiro atoms. The minimum atomic E-state index is 0.384. The van der Waals surface area contributed by atoms with Crippen molar-refractivity contribution in [2.24, 2.45) is 17.1 Å². The maximum absolute atomic E-state index is 6.01. The Morgan fingerprint density at radius 2 is 1.79 bits per heavy atom. The molecule has 1 nitrogen and oxygen atoms in total. The first-order valence-electron chi connectivity index (χ1n) is 5.42. The number of rotatable bonds is 3. The minimum Gasteiger partial charge on any atom is -0.327 e. The monoisotopic (exact) mass is 189 g/mol. The van der Waals surface area contributed by atoms with E-state index in [0.29, 0.717) is 11.5 Å². The van der Waals surface area contributed by atoms with E-state index in [0.717, 1.165) is 5.92 Å². The Bertz CT molecular complexity index is 302. The van der Waals surface area contributed by atoms with Crippen molar-refractivity contribution in [3.63, 3.8) is 0 Å². The van der Waals surface area contributed by atoms with Crippen LogP contribution in [0.2, 0.25) is 0 Å². The summed E-state index contributed by atoms with van der Waals surface area (Å²) in [4.78, 5) is 0. The maximum Gasteiger partial charge on any atom is 0.0128 e. The van der Waals surface area contributed by atoms with Crippen LogP contribution in [0.3, 0.4) is 0 Å². The molecule has 1 aromatic rings. The minimum absolute atomic E-state index is 0.384. The van der Waals surface area contributed by atoms with Gasteiger partial charge >= 0.3 is 0 Å². The summed E-state index contributed by atoms with van der Waals surface area (Å²) in [7, 11) is 0. The molecule has 2 rings (SSSR count). The van der Waals surface area contributed by atoms with E-state index < -0.39 is 0 Å². The van der Waals surface area contributed by atoms with Gasteiger partial charge in [0.25, 0.3) is 0 Å². The van der Waals surface area contributed by atoms with E-state index in [1.807, 2.05) is 0 Å². The molecule has 76 valence electrons. The zero-order chi connectivity index (χ0) is 10.2. The Labute approximate surface area is 86.3 Å². The fraction of sp³-hybridized carbons (Fsp3) is 0.538. The zero-order valence-electron chi connectivity index (χ0n) is 9.03. The van der Waals surface area contributed by atoms with E-state index in [1.54, 1.807) is 0 Å². The van der Waals surface area contributed by atoms with Gasteiger partial charge in [0, 0.05) is 6.04 Å². The normalized spacial score (nSPS) is 28.8. The number of hydrogen-bond acceptors (Lipinski definition) is 1. The molecule has 14 heavy (non-hydrogen) atoms. The molecule has 0 aliphatic heterocycles. The first kappa shape index (κ1) is 9.72. The third-order valence-electron chi connectivity index (χ3n) is 3.73. The zero-order valence-corrected chi connectivity index (χ0v) is 9.03. The largest absolute Gasteiger partial charge is 0.327 e. The second-order valence-electron chi connectivity index (χ2n) is 4.98. The van der Waals surface area contributed by atoms with Gasteiger partial charge in [-0.2, -0.15) is 0 Å². The molecular weight excluding hydrogens is 170 g/mol. The van der Waals surface area contributed by atoms with Crippen molar-refractivity contribution in [3.05, 3.63) is 35.9 Å². The summed E-state index contributed by atoms with van der Waals surface area (Å²) in [5.74, 6) is 0.725. The fourth-order valence-corrected chi connectivity index (χ4v) is 2.30. The van der Waals surface area contributed by atoms with Gasteiger partial charge < -0.3 is 5.73 Å². The molecule has 2 atom stereocenters. The lowest BCUT2D eigenvalue weighted by molar-refractivity contribution is 0.530. The first-order valence-corrected chi connectivity index (χ1v) is 5.42. The van der Waals surface area contributed by atoms with E-state index in [2.05, 4.69) is 44.2 Å². The molecule has 1 saturated carbocycles. The van der Waals surface area contributed by atoms with Gasteiger partial charge in [-0.15, -0.1) is 0 Å². The van der Waals surface area contributed by atoms with Crippen molar-refractivity contribution in [3.8, 4) is 0 Å². The van der Waals surface area contributed by atoms with Crippen molar-refractivity contribution < 1.29 is 0 Å². The van der Waals surface area contributed by atoms with Gasteiger partial charge in [0.2, 0.25) is 0 Å². The van der Waals surface area contributed by atoms with Crippen LogP contribution in [0.4, 0.5) is 0 Å². The lowest BCUT2D eigenvalue weighted by Gasteiger charge is -2.02. The average molecular weight is 189 g/mol. The van der Waals surface area contributed by atoms with Crippen LogP contribution in [-0.2, 0) is 6.42 Å². The van der Waals surface area contributed by atoms with Crippen molar-refractivity contribution >= 4 is 0 Å². The van der Waals surface area contributed by atoms with Crippen molar-refractivity contribution in [1.82, 2.24) is 0 Å². The number of hydrogen-bond donors (Lipinski definition) is 1. The maximum atomic E-state index is 6.01. The number of nitrogens with two attached hydrogens (primary N) is 1. The molecule has 2 N–H and O–H groups in total. The molecule has 1 aliphatic carbocycles. The molecule has 0 bridgehead atoms. The van der Waals surface area contributed by atoms with Gasteiger partial charge in [-0.25, -0.2) is 0 Å². The predicted molar refractivity (Wildman–Crippen MR) is 60.0 cm³/mol. The Kier molecular flexibility index (Phi) is 2.36. The van der Waals surface area contributed by atoms with E-state index in [-0.39, 0.29) is 0 Å². The van der Waals surface area contributed by atoms with Crippen LogP contribution < -0.4 is 5.73 Å². The average Bonchev–Trinajstić information content (AvgIpc) is 2.65. The Hall–Kier alpha value is -0.820. The van der Waals surface area contributed by atoms with Crippen molar-refractivity contribution in [1.29, 1.82) is 0 Å². The van der Waals surface area contributed by atoms with E-state index >= 15 is 0 Å². The summed E-state index contributed by atoms with van der Waals surface area (Å²) in [6.45, 7) is 4.54. The SMILES string of the molecule is CC1(C)[C@@H](N)[C@@H]1CCc1ccccc1. The highest BCUT2D eigenvalue weighted by Gasteiger charge is 2.54. The van der Waals surface area contributed by atoms with Crippen LogP contribution in [-0.4, -0.2) is 6.04 Å². The summed E-state index contributed by atoms with van der Waals surface area (Å²) < 4.78 is 0. The molecule has 1 aliphatic rings. The van der Waals surface area contributed by atoms with E-state index in [9.17, 15) is 0 Å². The first-order chi connectivity index (χ1) is 6.62. The van der Waals surface area contributed by atoms with Crippen molar-refractivity contribution in [2.75, 3.05) is 0 Å². The lowest BCUT2D eigenvalue weighted by atomic mass is 10.0. The second kappa shape index (κ2) is 3.39. The summed E-state index contributed by atoms with van der Waals surface area (Å²) >= 11 is 0. The smallest absolute Gasteiger partial charge is 0.0128 e. The van der Waals surface area contributed by atoms with Gasteiger partial charge in [-0.05, 0) is 29.7 Å². The summed E-state index contributed by atoms with van der Waals surface area (Å²) in [5.41, 5.74) is 7.82. The van der Waals surface area contributed by atoms with Gasteiger partial charge in [0.05, 0.1) is 0 Å². The van der Waals surface area contributed by atoms with Gasteiger partial charge in [-0.3, -0.25) is 0 Å². The molecule has 1 aromatic carbocycles. The molecule has 0 radical (unpaired) electrons. The number of aryl methyl sites for hydroxylation is 1. The highest BCUT2D eigenvalue weighted by Crippen LogP contribution is 2.52. The molecule has 0 aromatic heterocycles. The highest BCUT2D eigenvalue weighted by molar-refractivity contribution is 5.16. The second-order valence-corrected chi connectivity index (χ2v) is 4.98. The molecule has 0 heterocycles. The molecule has 0 amide bonds. The van der Waals surface area contributed by atoms with E-state index in [4.69, 9.17) is 5.73 Å². The topological polar surface area (TPSA) is 26.0 Å². The van der Waals surface area contributed by atoms with Crippen LogP contribution in [0.15, 0.2) is 30.3 Å². The fourth-order valence-electron chi connectivity index (χ4n) is 2.30. The molecule has 0 unspecified atom stereocenters. The Morgan fingerprint density at radius 3 is 2.29 bits per heavy atom. The predicted octanol–water partition coefficient (Wildman–Crippen LogP) is 2.60. The summed E-state index contributed by atoms with van der Waals surface area (Å²) in [6.07, 6.45) is 2.40. The van der Waals surface area contributed by atoms with Crippen LogP contribution in [0.5, 0.6) is 0 Å². The highest BCUT2D eigenvalue weighted by atomic mass is 14.8. The number of benzene rings is 1. The lowest BCUT2D eigenvalue weighted by Crippen LogP contribution is -2.06. The van der Waals surface area contributed by atoms with Crippen LogP contribution in [0.25, 0.3) is 0 Å². The van der Waals surface area contributed by atoms with E-state index in [1.165, 1.54) is 18.4 Å². The van der Waals surface area contributed by atoms with Gasteiger partial charge in [0.15, 0.2) is 0 Å². The molecular formula is C13H19N.